The fraction of sp³-hybridized carbons (Fsp3) is 0.455. The van der Waals surface area contributed by atoms with Crippen molar-refractivity contribution in [2.75, 3.05) is 0 Å². The van der Waals surface area contributed by atoms with E-state index in [0.29, 0.717) is 12.2 Å². The zero-order valence-electron chi connectivity index (χ0n) is 8.79. The SMILES string of the molecule is CC1(C)C[C@@H](N)c2cc(F)ccc2O1.Cl. The molecule has 1 aromatic rings. The summed E-state index contributed by atoms with van der Waals surface area (Å²) in [7, 11) is 0. The molecule has 0 saturated heterocycles. The van der Waals surface area contributed by atoms with Gasteiger partial charge in [0.15, 0.2) is 0 Å². The molecular formula is C11H15ClFNO. The first-order chi connectivity index (χ1) is 6.48. The summed E-state index contributed by atoms with van der Waals surface area (Å²) in [5, 5.41) is 0. The van der Waals surface area contributed by atoms with Gasteiger partial charge in [0.2, 0.25) is 0 Å². The lowest BCUT2D eigenvalue weighted by atomic mass is 9.90. The first-order valence-electron chi connectivity index (χ1n) is 4.72. The normalized spacial score (nSPS) is 22.3. The third-order valence-corrected chi connectivity index (χ3v) is 2.47. The van der Waals surface area contributed by atoms with Crippen molar-refractivity contribution in [3.05, 3.63) is 29.6 Å². The number of halogens is 2. The van der Waals surface area contributed by atoms with Crippen LogP contribution in [0.2, 0.25) is 0 Å². The Morgan fingerprint density at radius 1 is 1.47 bits per heavy atom. The van der Waals surface area contributed by atoms with Gasteiger partial charge >= 0.3 is 0 Å². The van der Waals surface area contributed by atoms with E-state index in [1.165, 1.54) is 12.1 Å². The Kier molecular flexibility index (Phi) is 3.26. The van der Waals surface area contributed by atoms with Crippen molar-refractivity contribution in [1.29, 1.82) is 0 Å². The Labute approximate surface area is 95.0 Å². The molecule has 1 aromatic carbocycles. The van der Waals surface area contributed by atoms with Crippen molar-refractivity contribution in [1.82, 2.24) is 0 Å². The summed E-state index contributed by atoms with van der Waals surface area (Å²) >= 11 is 0. The fourth-order valence-electron chi connectivity index (χ4n) is 1.88. The van der Waals surface area contributed by atoms with Gasteiger partial charge in [-0.2, -0.15) is 0 Å². The first-order valence-corrected chi connectivity index (χ1v) is 4.72. The summed E-state index contributed by atoms with van der Waals surface area (Å²) in [5.41, 5.74) is 6.45. The number of rotatable bonds is 0. The van der Waals surface area contributed by atoms with Gasteiger partial charge in [-0.1, -0.05) is 0 Å². The van der Waals surface area contributed by atoms with E-state index < -0.39 is 0 Å². The molecule has 15 heavy (non-hydrogen) atoms. The second kappa shape index (κ2) is 3.99. The van der Waals surface area contributed by atoms with Crippen LogP contribution >= 0.6 is 12.4 Å². The van der Waals surface area contributed by atoms with Gasteiger partial charge in [0.25, 0.3) is 0 Å². The van der Waals surface area contributed by atoms with E-state index in [2.05, 4.69) is 0 Å². The van der Waals surface area contributed by atoms with Crippen LogP contribution in [0.4, 0.5) is 4.39 Å². The van der Waals surface area contributed by atoms with E-state index in [-0.39, 0.29) is 29.9 Å². The minimum Gasteiger partial charge on any atom is -0.487 e. The van der Waals surface area contributed by atoms with Gasteiger partial charge in [-0.05, 0) is 32.0 Å². The number of hydrogen-bond acceptors (Lipinski definition) is 2. The van der Waals surface area contributed by atoms with Crippen LogP contribution in [0.25, 0.3) is 0 Å². The average molecular weight is 232 g/mol. The number of nitrogens with two attached hydrogens (primary N) is 1. The average Bonchev–Trinajstić information content (AvgIpc) is 2.05. The van der Waals surface area contributed by atoms with Gasteiger partial charge in [-0.15, -0.1) is 12.4 Å². The number of ether oxygens (including phenoxy) is 1. The molecule has 0 radical (unpaired) electrons. The second-order valence-electron chi connectivity index (χ2n) is 4.35. The summed E-state index contributed by atoms with van der Waals surface area (Å²) in [6.45, 7) is 3.97. The topological polar surface area (TPSA) is 35.2 Å². The lowest BCUT2D eigenvalue weighted by Crippen LogP contribution is -2.37. The Balaban J connectivity index is 0.00000112. The number of fused-ring (bicyclic) bond motifs is 1. The first kappa shape index (κ1) is 12.3. The maximum absolute atomic E-state index is 12.9. The highest BCUT2D eigenvalue weighted by molar-refractivity contribution is 5.85. The van der Waals surface area contributed by atoms with Crippen LogP contribution in [-0.4, -0.2) is 5.60 Å². The van der Waals surface area contributed by atoms with Crippen molar-refractivity contribution >= 4 is 12.4 Å². The molecule has 1 aliphatic rings. The van der Waals surface area contributed by atoms with Crippen LogP contribution in [0.3, 0.4) is 0 Å². The van der Waals surface area contributed by atoms with Gasteiger partial charge in [-0.3, -0.25) is 0 Å². The molecule has 0 spiro atoms. The van der Waals surface area contributed by atoms with E-state index >= 15 is 0 Å². The Morgan fingerprint density at radius 3 is 2.80 bits per heavy atom. The van der Waals surface area contributed by atoms with Gasteiger partial charge < -0.3 is 10.5 Å². The quantitative estimate of drug-likeness (QED) is 0.745. The lowest BCUT2D eigenvalue weighted by Gasteiger charge is -2.36. The van der Waals surface area contributed by atoms with Crippen LogP contribution in [0, 0.1) is 5.82 Å². The molecule has 0 amide bonds. The molecule has 0 unspecified atom stereocenters. The molecule has 84 valence electrons. The fourth-order valence-corrected chi connectivity index (χ4v) is 1.88. The maximum atomic E-state index is 12.9. The third kappa shape index (κ3) is 2.41. The molecule has 1 atom stereocenters. The van der Waals surface area contributed by atoms with Crippen molar-refractivity contribution in [3.8, 4) is 5.75 Å². The molecule has 0 aromatic heterocycles. The molecule has 4 heteroatoms. The summed E-state index contributed by atoms with van der Waals surface area (Å²) in [4.78, 5) is 0. The van der Waals surface area contributed by atoms with E-state index in [1.54, 1.807) is 6.07 Å². The Bertz CT molecular complexity index is 368. The van der Waals surface area contributed by atoms with E-state index in [9.17, 15) is 4.39 Å². The van der Waals surface area contributed by atoms with Crippen molar-refractivity contribution in [3.63, 3.8) is 0 Å². The van der Waals surface area contributed by atoms with Crippen molar-refractivity contribution < 1.29 is 9.13 Å². The molecular weight excluding hydrogens is 217 g/mol. The van der Waals surface area contributed by atoms with Gasteiger partial charge in [0.1, 0.15) is 17.2 Å². The van der Waals surface area contributed by atoms with E-state index in [0.717, 1.165) is 5.56 Å². The molecule has 0 aliphatic carbocycles. The molecule has 1 heterocycles. The van der Waals surface area contributed by atoms with Crippen molar-refractivity contribution in [2.45, 2.75) is 31.9 Å². The van der Waals surface area contributed by atoms with Crippen LogP contribution in [0.1, 0.15) is 31.9 Å². The summed E-state index contributed by atoms with van der Waals surface area (Å²) in [6, 6.07) is 4.36. The van der Waals surface area contributed by atoms with Gasteiger partial charge in [-0.25, -0.2) is 4.39 Å². The van der Waals surface area contributed by atoms with Crippen molar-refractivity contribution in [2.24, 2.45) is 5.73 Å². The zero-order chi connectivity index (χ0) is 10.3. The smallest absolute Gasteiger partial charge is 0.125 e. The third-order valence-electron chi connectivity index (χ3n) is 2.47. The Hall–Kier alpha value is -0.800. The molecule has 0 fully saturated rings. The largest absolute Gasteiger partial charge is 0.487 e. The summed E-state index contributed by atoms with van der Waals surface area (Å²) < 4.78 is 18.6. The monoisotopic (exact) mass is 231 g/mol. The molecule has 0 saturated carbocycles. The highest BCUT2D eigenvalue weighted by Gasteiger charge is 2.31. The van der Waals surface area contributed by atoms with E-state index in [4.69, 9.17) is 10.5 Å². The predicted molar refractivity (Wildman–Crippen MR) is 59.9 cm³/mol. The van der Waals surface area contributed by atoms with Crippen LogP contribution in [0.5, 0.6) is 5.75 Å². The number of benzene rings is 1. The maximum Gasteiger partial charge on any atom is 0.125 e. The van der Waals surface area contributed by atoms with E-state index in [1.807, 2.05) is 13.8 Å². The molecule has 2 N–H and O–H groups in total. The van der Waals surface area contributed by atoms with Crippen LogP contribution in [-0.2, 0) is 0 Å². The highest BCUT2D eigenvalue weighted by atomic mass is 35.5. The lowest BCUT2D eigenvalue weighted by molar-refractivity contribution is 0.0726. The minimum atomic E-state index is -0.262. The van der Waals surface area contributed by atoms with Gasteiger partial charge in [0, 0.05) is 18.0 Å². The molecule has 0 bridgehead atoms. The van der Waals surface area contributed by atoms with Crippen LogP contribution < -0.4 is 10.5 Å². The zero-order valence-corrected chi connectivity index (χ0v) is 9.60. The highest BCUT2D eigenvalue weighted by Crippen LogP contribution is 2.38. The molecule has 1 aliphatic heterocycles. The number of hydrogen-bond donors (Lipinski definition) is 1. The molecule has 2 nitrogen and oxygen atoms in total. The second-order valence-corrected chi connectivity index (χ2v) is 4.35. The predicted octanol–water partition coefficient (Wildman–Crippen LogP) is 2.81. The molecule has 2 rings (SSSR count). The summed E-state index contributed by atoms with van der Waals surface area (Å²) in [5.74, 6) is 0.442. The van der Waals surface area contributed by atoms with Gasteiger partial charge in [0.05, 0.1) is 0 Å². The standard InChI is InChI=1S/C11H14FNO.ClH/c1-11(2)6-9(13)8-5-7(12)3-4-10(8)14-11;/h3-5,9H,6,13H2,1-2H3;1H/t9-;/m1./s1. The summed E-state index contributed by atoms with van der Waals surface area (Å²) in [6.07, 6.45) is 0.712. The Morgan fingerprint density at radius 2 is 2.13 bits per heavy atom. The minimum absolute atomic E-state index is 0. The van der Waals surface area contributed by atoms with Crippen LogP contribution in [0.15, 0.2) is 18.2 Å².